The molecule has 1 unspecified atom stereocenters. The SMILES string of the molecule is CC1(Cl)O[C@H](COCc2ccccc2)[C@H](OCc2ccccc2)[C@H](OCc2ccccc2)[C@H]1OCc1ccccc1. The third-order valence-corrected chi connectivity index (χ3v) is 7.42. The molecule has 4 aromatic rings. The molecule has 1 aliphatic heterocycles. The van der Waals surface area contributed by atoms with Crippen molar-refractivity contribution in [1.82, 2.24) is 0 Å². The van der Waals surface area contributed by atoms with Crippen molar-refractivity contribution in [2.24, 2.45) is 0 Å². The van der Waals surface area contributed by atoms with E-state index in [1.54, 1.807) is 0 Å². The van der Waals surface area contributed by atoms with Crippen molar-refractivity contribution in [1.29, 1.82) is 0 Å². The molecule has 0 aromatic heterocycles. The van der Waals surface area contributed by atoms with Crippen molar-refractivity contribution < 1.29 is 23.7 Å². The summed E-state index contributed by atoms with van der Waals surface area (Å²) in [6, 6.07) is 40.2. The van der Waals surface area contributed by atoms with Gasteiger partial charge in [-0.2, -0.15) is 0 Å². The Kier molecular flexibility index (Phi) is 10.6. The van der Waals surface area contributed by atoms with Gasteiger partial charge in [0.25, 0.3) is 0 Å². The van der Waals surface area contributed by atoms with Gasteiger partial charge in [0.2, 0.25) is 0 Å². The Labute approximate surface area is 247 Å². The van der Waals surface area contributed by atoms with Gasteiger partial charge in [0.05, 0.1) is 33.0 Å². The van der Waals surface area contributed by atoms with E-state index in [2.05, 4.69) is 0 Å². The van der Waals surface area contributed by atoms with Crippen LogP contribution in [-0.4, -0.2) is 36.1 Å². The molecule has 1 heterocycles. The molecule has 0 N–H and O–H groups in total. The van der Waals surface area contributed by atoms with Crippen LogP contribution in [0.15, 0.2) is 121 Å². The summed E-state index contributed by atoms with van der Waals surface area (Å²) in [5, 5.41) is -1.18. The lowest BCUT2D eigenvalue weighted by molar-refractivity contribution is -0.281. The van der Waals surface area contributed by atoms with Crippen LogP contribution in [0.5, 0.6) is 0 Å². The smallest absolute Gasteiger partial charge is 0.168 e. The van der Waals surface area contributed by atoms with Crippen molar-refractivity contribution in [3.63, 3.8) is 0 Å². The molecule has 0 spiro atoms. The summed E-state index contributed by atoms with van der Waals surface area (Å²) in [7, 11) is 0. The average molecular weight is 573 g/mol. The van der Waals surface area contributed by atoms with Crippen LogP contribution in [0.2, 0.25) is 0 Å². The molecule has 1 fully saturated rings. The van der Waals surface area contributed by atoms with Crippen LogP contribution in [0.4, 0.5) is 0 Å². The van der Waals surface area contributed by atoms with Gasteiger partial charge in [-0.05, 0) is 29.2 Å². The Bertz CT molecular complexity index is 1290. The fourth-order valence-corrected chi connectivity index (χ4v) is 5.33. The molecule has 214 valence electrons. The maximum Gasteiger partial charge on any atom is 0.168 e. The summed E-state index contributed by atoms with van der Waals surface area (Å²) in [6.07, 6.45) is -2.12. The second-order valence-corrected chi connectivity index (χ2v) is 11.1. The van der Waals surface area contributed by atoms with E-state index in [0.717, 1.165) is 22.3 Å². The molecule has 0 radical (unpaired) electrons. The molecule has 0 amide bonds. The lowest BCUT2D eigenvalue weighted by Gasteiger charge is -2.49. The summed E-state index contributed by atoms with van der Waals surface area (Å²) >= 11 is 7.12. The fraction of sp³-hybridized carbons (Fsp3) is 0.314. The number of ether oxygens (including phenoxy) is 5. The van der Waals surface area contributed by atoms with Gasteiger partial charge in [0.1, 0.15) is 24.4 Å². The van der Waals surface area contributed by atoms with Crippen LogP contribution in [0.25, 0.3) is 0 Å². The summed E-state index contributed by atoms with van der Waals surface area (Å²) < 4.78 is 32.4. The molecule has 5 atom stereocenters. The van der Waals surface area contributed by atoms with Crippen molar-refractivity contribution in [2.45, 2.75) is 62.8 Å². The highest BCUT2D eigenvalue weighted by atomic mass is 35.5. The molecular weight excluding hydrogens is 536 g/mol. The first kappa shape index (κ1) is 29.5. The molecule has 6 heteroatoms. The monoisotopic (exact) mass is 572 g/mol. The van der Waals surface area contributed by atoms with E-state index < -0.39 is 29.5 Å². The first-order chi connectivity index (χ1) is 20.1. The minimum Gasteiger partial charge on any atom is -0.374 e. The highest BCUT2D eigenvalue weighted by Crippen LogP contribution is 2.39. The molecule has 1 saturated heterocycles. The second kappa shape index (κ2) is 14.7. The van der Waals surface area contributed by atoms with Gasteiger partial charge in [-0.3, -0.25) is 0 Å². The first-order valence-electron chi connectivity index (χ1n) is 14.0. The van der Waals surface area contributed by atoms with Crippen molar-refractivity contribution in [2.75, 3.05) is 6.61 Å². The van der Waals surface area contributed by atoms with E-state index >= 15 is 0 Å². The van der Waals surface area contributed by atoms with Gasteiger partial charge >= 0.3 is 0 Å². The molecule has 41 heavy (non-hydrogen) atoms. The maximum atomic E-state index is 7.12. The lowest BCUT2D eigenvalue weighted by Crippen LogP contribution is -2.64. The zero-order valence-corrected chi connectivity index (χ0v) is 24.1. The number of halogens is 1. The third-order valence-electron chi connectivity index (χ3n) is 7.12. The van der Waals surface area contributed by atoms with Crippen LogP contribution in [-0.2, 0) is 50.1 Å². The summed E-state index contributed by atoms with van der Waals surface area (Å²) in [6.45, 7) is 3.71. The zero-order valence-electron chi connectivity index (χ0n) is 23.3. The number of rotatable bonds is 13. The third kappa shape index (κ3) is 8.49. The maximum absolute atomic E-state index is 7.12. The van der Waals surface area contributed by atoms with Crippen molar-refractivity contribution in [3.05, 3.63) is 144 Å². The van der Waals surface area contributed by atoms with Crippen LogP contribution >= 0.6 is 11.6 Å². The van der Waals surface area contributed by atoms with Gasteiger partial charge < -0.3 is 23.7 Å². The van der Waals surface area contributed by atoms with Gasteiger partial charge in [-0.15, -0.1) is 0 Å². The summed E-state index contributed by atoms with van der Waals surface area (Å²) in [5.41, 5.74) is 4.23. The molecule has 5 nitrogen and oxygen atoms in total. The zero-order chi connectivity index (χ0) is 28.3. The number of benzene rings is 4. The summed E-state index contributed by atoms with van der Waals surface area (Å²) in [5.74, 6) is 0. The molecule has 0 saturated carbocycles. The van der Waals surface area contributed by atoms with E-state index in [1.165, 1.54) is 0 Å². The molecular formula is C35H37ClO5. The summed E-state index contributed by atoms with van der Waals surface area (Å²) in [4.78, 5) is 0. The normalized spacial score (nSPS) is 24.2. The van der Waals surface area contributed by atoms with E-state index in [-0.39, 0.29) is 6.61 Å². The predicted molar refractivity (Wildman–Crippen MR) is 160 cm³/mol. The Balaban J connectivity index is 1.39. The minimum absolute atomic E-state index is 0.285. The molecule has 5 rings (SSSR count). The van der Waals surface area contributed by atoms with Crippen molar-refractivity contribution >= 4 is 11.6 Å². The Hall–Kier alpha value is -3.03. The van der Waals surface area contributed by atoms with Crippen LogP contribution in [0.3, 0.4) is 0 Å². The highest BCUT2D eigenvalue weighted by Gasteiger charge is 2.53. The standard InChI is InChI=1S/C35H37ClO5/c1-35(36)34(40-25-30-20-12-5-13-21-30)33(39-24-29-18-10-4-11-19-29)32(38-23-28-16-8-3-9-17-28)31(41-35)26-37-22-27-14-6-2-7-15-27/h2-21,31-34H,22-26H2,1H3/t31-,32+,33+,34-,35?/m1/s1. The largest absolute Gasteiger partial charge is 0.374 e. The van der Waals surface area contributed by atoms with Crippen LogP contribution in [0, 0.1) is 0 Å². The number of hydrogen-bond acceptors (Lipinski definition) is 5. The van der Waals surface area contributed by atoms with Gasteiger partial charge in [0, 0.05) is 0 Å². The van der Waals surface area contributed by atoms with Gasteiger partial charge in [-0.1, -0.05) is 133 Å². The molecule has 1 aliphatic rings. The van der Waals surface area contributed by atoms with E-state index in [1.807, 2.05) is 128 Å². The number of alkyl halides is 1. The molecule has 0 aliphatic carbocycles. The second-order valence-electron chi connectivity index (χ2n) is 10.4. The fourth-order valence-electron chi connectivity index (χ4n) is 5.03. The van der Waals surface area contributed by atoms with E-state index in [4.69, 9.17) is 35.3 Å². The lowest BCUT2D eigenvalue weighted by atomic mass is 9.94. The van der Waals surface area contributed by atoms with E-state index in [9.17, 15) is 0 Å². The van der Waals surface area contributed by atoms with Gasteiger partial charge in [0.15, 0.2) is 5.06 Å². The average Bonchev–Trinajstić information content (AvgIpc) is 3.01. The van der Waals surface area contributed by atoms with Crippen LogP contribution < -0.4 is 0 Å². The minimum atomic E-state index is -1.18. The molecule has 0 bridgehead atoms. The first-order valence-corrected chi connectivity index (χ1v) is 14.4. The highest BCUT2D eigenvalue weighted by molar-refractivity contribution is 6.23. The number of hydrogen-bond donors (Lipinski definition) is 0. The Morgan fingerprint density at radius 3 is 1.41 bits per heavy atom. The Morgan fingerprint density at radius 1 is 0.561 bits per heavy atom. The Morgan fingerprint density at radius 2 is 0.951 bits per heavy atom. The molecule has 4 aromatic carbocycles. The van der Waals surface area contributed by atoms with E-state index in [0.29, 0.717) is 26.4 Å². The van der Waals surface area contributed by atoms with Gasteiger partial charge in [-0.25, -0.2) is 0 Å². The van der Waals surface area contributed by atoms with Crippen LogP contribution in [0.1, 0.15) is 29.2 Å². The predicted octanol–water partition coefficient (Wildman–Crippen LogP) is 7.31. The van der Waals surface area contributed by atoms with Crippen molar-refractivity contribution in [3.8, 4) is 0 Å². The topological polar surface area (TPSA) is 46.2 Å². The quantitative estimate of drug-likeness (QED) is 0.157.